The molecule has 3 rings (SSSR count). The van der Waals surface area contributed by atoms with Crippen molar-refractivity contribution in [2.45, 2.75) is 33.2 Å². The van der Waals surface area contributed by atoms with E-state index < -0.39 is 0 Å². The highest BCUT2D eigenvalue weighted by Gasteiger charge is 2.31. The third kappa shape index (κ3) is 3.99. The number of anilines is 2. The van der Waals surface area contributed by atoms with Crippen molar-refractivity contribution in [2.75, 3.05) is 16.8 Å². The molecule has 5 nitrogen and oxygen atoms in total. The Labute approximate surface area is 158 Å². The number of urea groups is 1. The van der Waals surface area contributed by atoms with E-state index in [-0.39, 0.29) is 24.4 Å². The molecule has 0 saturated carbocycles. The molecule has 1 saturated heterocycles. The second-order valence-corrected chi connectivity index (χ2v) is 7.19. The number of rotatable bonds is 3. The smallest absolute Gasteiger partial charge is 0.319 e. The van der Waals surface area contributed by atoms with Crippen LogP contribution in [0.2, 0.25) is 5.02 Å². The highest BCUT2D eigenvalue weighted by molar-refractivity contribution is 6.30. The fraction of sp³-hybridized carbons (Fsp3) is 0.300. The van der Waals surface area contributed by atoms with Gasteiger partial charge in [0.15, 0.2) is 0 Å². The monoisotopic (exact) mass is 371 g/mol. The molecule has 0 bridgehead atoms. The molecule has 26 heavy (non-hydrogen) atoms. The van der Waals surface area contributed by atoms with Crippen molar-refractivity contribution < 1.29 is 9.59 Å². The van der Waals surface area contributed by atoms with Crippen LogP contribution < -0.4 is 15.5 Å². The summed E-state index contributed by atoms with van der Waals surface area (Å²) in [6.45, 7) is 6.41. The molecule has 1 fully saturated rings. The van der Waals surface area contributed by atoms with Crippen LogP contribution >= 0.6 is 11.6 Å². The molecular formula is C20H22ClN3O2. The van der Waals surface area contributed by atoms with E-state index in [2.05, 4.69) is 10.6 Å². The van der Waals surface area contributed by atoms with Crippen LogP contribution in [-0.4, -0.2) is 24.5 Å². The third-order valence-electron chi connectivity index (χ3n) is 4.51. The first-order valence-corrected chi connectivity index (χ1v) is 8.92. The van der Waals surface area contributed by atoms with E-state index in [0.717, 1.165) is 28.1 Å². The number of aryl methyl sites for hydroxylation is 3. The van der Waals surface area contributed by atoms with Gasteiger partial charge in [-0.1, -0.05) is 29.3 Å². The largest absolute Gasteiger partial charge is 0.333 e. The van der Waals surface area contributed by atoms with Crippen molar-refractivity contribution >= 4 is 34.9 Å². The Bertz CT molecular complexity index is 826. The zero-order valence-corrected chi connectivity index (χ0v) is 15.9. The van der Waals surface area contributed by atoms with Gasteiger partial charge in [-0.3, -0.25) is 4.79 Å². The van der Waals surface area contributed by atoms with Gasteiger partial charge in [-0.2, -0.15) is 0 Å². The van der Waals surface area contributed by atoms with Gasteiger partial charge in [0.25, 0.3) is 0 Å². The van der Waals surface area contributed by atoms with Crippen LogP contribution in [0, 0.1) is 20.8 Å². The summed E-state index contributed by atoms with van der Waals surface area (Å²) in [5, 5.41) is 6.43. The SMILES string of the molecule is Cc1cc(C)c(NC(=O)N[C@@H]2CC(=O)N(c3ccc(Cl)cc3)C2)c(C)c1. The van der Waals surface area contributed by atoms with Crippen LogP contribution in [0.15, 0.2) is 36.4 Å². The molecule has 2 aromatic carbocycles. The number of hydrogen-bond donors (Lipinski definition) is 2. The molecule has 3 amide bonds. The van der Waals surface area contributed by atoms with Crippen molar-refractivity contribution in [1.82, 2.24) is 5.32 Å². The molecule has 2 N–H and O–H groups in total. The molecule has 0 aromatic heterocycles. The molecule has 0 spiro atoms. The van der Waals surface area contributed by atoms with Gasteiger partial charge >= 0.3 is 6.03 Å². The van der Waals surface area contributed by atoms with Crippen LogP contribution in [0.25, 0.3) is 0 Å². The van der Waals surface area contributed by atoms with E-state index in [0.29, 0.717) is 11.6 Å². The Morgan fingerprint density at radius 2 is 1.73 bits per heavy atom. The van der Waals surface area contributed by atoms with E-state index in [1.165, 1.54) is 0 Å². The number of benzene rings is 2. The summed E-state index contributed by atoms with van der Waals surface area (Å²) in [6.07, 6.45) is 0.280. The summed E-state index contributed by atoms with van der Waals surface area (Å²) >= 11 is 5.90. The Kier molecular flexibility index (Phi) is 5.18. The number of amides is 3. The lowest BCUT2D eigenvalue weighted by Crippen LogP contribution is -2.40. The predicted molar refractivity (Wildman–Crippen MR) is 105 cm³/mol. The lowest BCUT2D eigenvalue weighted by Gasteiger charge is -2.18. The van der Waals surface area contributed by atoms with Gasteiger partial charge in [-0.25, -0.2) is 4.79 Å². The molecule has 1 atom stereocenters. The molecule has 1 aliphatic heterocycles. The average molecular weight is 372 g/mol. The van der Waals surface area contributed by atoms with Crippen LogP contribution in [0.3, 0.4) is 0 Å². The predicted octanol–water partition coefficient (Wildman–Crippen LogP) is 4.19. The number of carbonyl (C=O) groups excluding carboxylic acids is 2. The number of halogens is 1. The highest BCUT2D eigenvalue weighted by Crippen LogP contribution is 2.24. The minimum absolute atomic E-state index is 0.0136. The van der Waals surface area contributed by atoms with Gasteiger partial charge in [0, 0.05) is 29.4 Å². The standard InChI is InChI=1S/C20H22ClN3O2/c1-12-8-13(2)19(14(3)9-12)23-20(26)22-16-10-18(25)24(11-16)17-6-4-15(21)5-7-17/h4-9,16H,10-11H2,1-3H3,(H2,22,23,26)/t16-/m1/s1. The third-order valence-corrected chi connectivity index (χ3v) is 4.77. The molecule has 0 aliphatic carbocycles. The van der Waals surface area contributed by atoms with E-state index in [1.807, 2.05) is 45.0 Å². The lowest BCUT2D eigenvalue weighted by atomic mass is 10.1. The normalized spacial score (nSPS) is 16.7. The zero-order chi connectivity index (χ0) is 18.8. The number of nitrogens with one attached hydrogen (secondary N) is 2. The van der Waals surface area contributed by atoms with Gasteiger partial charge in [0.05, 0.1) is 6.04 Å². The Morgan fingerprint density at radius 1 is 1.12 bits per heavy atom. The minimum Gasteiger partial charge on any atom is -0.333 e. The first-order chi connectivity index (χ1) is 12.3. The number of carbonyl (C=O) groups is 2. The maximum absolute atomic E-state index is 12.4. The Balaban J connectivity index is 1.64. The van der Waals surface area contributed by atoms with Crippen molar-refractivity contribution in [1.29, 1.82) is 0 Å². The maximum atomic E-state index is 12.4. The summed E-state index contributed by atoms with van der Waals surface area (Å²) in [7, 11) is 0. The molecule has 6 heteroatoms. The van der Waals surface area contributed by atoms with E-state index in [9.17, 15) is 9.59 Å². The zero-order valence-electron chi connectivity index (χ0n) is 15.1. The second kappa shape index (κ2) is 7.38. The van der Waals surface area contributed by atoms with Crippen LogP contribution in [-0.2, 0) is 4.79 Å². The van der Waals surface area contributed by atoms with Gasteiger partial charge in [-0.05, 0) is 56.2 Å². The van der Waals surface area contributed by atoms with Gasteiger partial charge < -0.3 is 15.5 Å². The van der Waals surface area contributed by atoms with Crippen molar-refractivity contribution in [2.24, 2.45) is 0 Å². The summed E-state index contributed by atoms with van der Waals surface area (Å²) < 4.78 is 0. The van der Waals surface area contributed by atoms with Crippen molar-refractivity contribution in [3.63, 3.8) is 0 Å². The summed E-state index contributed by atoms with van der Waals surface area (Å²) in [4.78, 5) is 26.3. The van der Waals surface area contributed by atoms with Gasteiger partial charge in [0.1, 0.15) is 0 Å². The van der Waals surface area contributed by atoms with Gasteiger partial charge in [-0.15, -0.1) is 0 Å². The van der Waals surface area contributed by atoms with Crippen molar-refractivity contribution in [3.8, 4) is 0 Å². The highest BCUT2D eigenvalue weighted by atomic mass is 35.5. The number of hydrogen-bond acceptors (Lipinski definition) is 2. The van der Waals surface area contributed by atoms with E-state index >= 15 is 0 Å². The molecule has 0 unspecified atom stereocenters. The fourth-order valence-corrected chi connectivity index (χ4v) is 3.51. The number of nitrogens with zero attached hydrogens (tertiary/aromatic N) is 1. The first-order valence-electron chi connectivity index (χ1n) is 8.55. The molecule has 0 radical (unpaired) electrons. The topological polar surface area (TPSA) is 61.4 Å². The molecular weight excluding hydrogens is 350 g/mol. The molecule has 1 aliphatic rings. The van der Waals surface area contributed by atoms with E-state index in [1.54, 1.807) is 17.0 Å². The van der Waals surface area contributed by atoms with E-state index in [4.69, 9.17) is 11.6 Å². The average Bonchev–Trinajstić information content (AvgIpc) is 2.92. The van der Waals surface area contributed by atoms with Crippen molar-refractivity contribution in [3.05, 3.63) is 58.1 Å². The first kappa shape index (κ1) is 18.3. The Morgan fingerprint density at radius 3 is 2.35 bits per heavy atom. The van der Waals surface area contributed by atoms with Gasteiger partial charge in [0.2, 0.25) is 5.91 Å². The second-order valence-electron chi connectivity index (χ2n) is 6.75. The maximum Gasteiger partial charge on any atom is 0.319 e. The summed E-state index contributed by atoms with van der Waals surface area (Å²) in [5.74, 6) is -0.0136. The minimum atomic E-state index is -0.296. The lowest BCUT2D eigenvalue weighted by molar-refractivity contribution is -0.117. The Hall–Kier alpha value is -2.53. The molecule has 1 heterocycles. The fourth-order valence-electron chi connectivity index (χ4n) is 3.39. The summed E-state index contributed by atoms with van der Waals surface area (Å²) in [5.41, 5.74) is 4.79. The molecule has 2 aromatic rings. The molecule has 136 valence electrons. The van der Waals surface area contributed by atoms with Crippen LogP contribution in [0.4, 0.5) is 16.2 Å². The quantitative estimate of drug-likeness (QED) is 0.849. The summed E-state index contributed by atoms with van der Waals surface area (Å²) in [6, 6.07) is 10.7. The van der Waals surface area contributed by atoms with Crippen LogP contribution in [0.1, 0.15) is 23.1 Å². The van der Waals surface area contributed by atoms with Crippen LogP contribution in [0.5, 0.6) is 0 Å².